The minimum absolute atomic E-state index is 0.121. The fourth-order valence-corrected chi connectivity index (χ4v) is 2.51. The molecule has 6 nitrogen and oxygen atoms in total. The number of anilines is 1. The van der Waals surface area contributed by atoms with Crippen molar-refractivity contribution in [3.8, 4) is 0 Å². The van der Waals surface area contributed by atoms with Crippen LogP contribution in [0.25, 0.3) is 0 Å². The molecule has 0 spiro atoms. The number of hydrogen-bond donors (Lipinski definition) is 2. The zero-order chi connectivity index (χ0) is 17.5. The molecule has 1 heterocycles. The van der Waals surface area contributed by atoms with Gasteiger partial charge in [0.2, 0.25) is 0 Å². The second kappa shape index (κ2) is 8.80. The maximum Gasteiger partial charge on any atom is 0.319 e. The van der Waals surface area contributed by atoms with Crippen LogP contribution in [0, 0.1) is 5.92 Å². The highest BCUT2D eigenvalue weighted by Crippen LogP contribution is 2.11. The van der Waals surface area contributed by atoms with Gasteiger partial charge in [0.25, 0.3) is 0 Å². The van der Waals surface area contributed by atoms with Crippen LogP contribution in [0.3, 0.4) is 0 Å². The number of nitrogens with zero attached hydrogens (tertiary/aromatic N) is 2. The molecule has 2 rings (SSSR count). The van der Waals surface area contributed by atoms with Crippen LogP contribution in [-0.2, 0) is 0 Å². The molecule has 1 aromatic carbocycles. The molecule has 132 valence electrons. The quantitative estimate of drug-likeness (QED) is 0.781. The number of carbonyl (C=O) groups is 2. The van der Waals surface area contributed by atoms with Crippen LogP contribution in [0.2, 0.25) is 0 Å². The molecule has 0 radical (unpaired) electrons. The Hall–Kier alpha value is -1.92. The molecule has 0 bridgehead atoms. The van der Waals surface area contributed by atoms with Crippen molar-refractivity contribution in [1.82, 2.24) is 15.1 Å². The predicted molar refractivity (Wildman–Crippen MR) is 96.6 cm³/mol. The minimum Gasteiger partial charge on any atom is -0.338 e. The van der Waals surface area contributed by atoms with Crippen LogP contribution in [0.5, 0.6) is 0 Å². The molecule has 1 aliphatic heterocycles. The number of piperazine rings is 1. The Morgan fingerprint density at radius 3 is 2.29 bits per heavy atom. The van der Waals surface area contributed by atoms with Gasteiger partial charge in [-0.25, -0.2) is 4.79 Å². The number of Topliss-reactive ketones (excluding diaryl/α,β-unsaturated/α-hetero) is 1. The predicted octanol–water partition coefficient (Wildman–Crippen LogP) is 1.89. The summed E-state index contributed by atoms with van der Waals surface area (Å²) in [6.45, 7) is 9.03. The van der Waals surface area contributed by atoms with E-state index in [1.54, 1.807) is 24.3 Å². The minimum atomic E-state index is -0.222. The molecule has 1 saturated heterocycles. The maximum atomic E-state index is 12.4. The third-order valence-corrected chi connectivity index (χ3v) is 4.10. The van der Waals surface area contributed by atoms with Crippen molar-refractivity contribution in [3.05, 3.63) is 29.8 Å². The van der Waals surface area contributed by atoms with E-state index in [0.717, 1.165) is 26.2 Å². The zero-order valence-corrected chi connectivity index (χ0v) is 14.8. The fourth-order valence-electron chi connectivity index (χ4n) is 2.51. The monoisotopic (exact) mass is 332 g/mol. The molecule has 1 fully saturated rings. The lowest BCUT2D eigenvalue weighted by Gasteiger charge is -2.31. The molecule has 6 heteroatoms. The first-order chi connectivity index (χ1) is 11.4. The second-order valence-electron chi connectivity index (χ2n) is 6.81. The highest BCUT2D eigenvalue weighted by atomic mass is 16.2. The highest BCUT2D eigenvalue weighted by molar-refractivity contribution is 5.98. The summed E-state index contributed by atoms with van der Waals surface area (Å²) in [5.74, 6) is 0.528. The number of hydrogen-bond acceptors (Lipinski definition) is 4. The lowest BCUT2D eigenvalue weighted by Crippen LogP contribution is -2.46. The molecule has 24 heavy (non-hydrogen) atoms. The summed E-state index contributed by atoms with van der Waals surface area (Å²) in [6.07, 6.45) is 0. The van der Waals surface area contributed by atoms with Gasteiger partial charge < -0.3 is 15.5 Å². The van der Waals surface area contributed by atoms with Crippen LogP contribution in [0.15, 0.2) is 24.3 Å². The molecule has 0 aliphatic carbocycles. The topological polar surface area (TPSA) is 64.7 Å². The first kappa shape index (κ1) is 18.4. The van der Waals surface area contributed by atoms with Gasteiger partial charge in [-0.2, -0.15) is 0 Å². The van der Waals surface area contributed by atoms with Crippen LogP contribution >= 0.6 is 0 Å². The van der Waals surface area contributed by atoms with Crippen molar-refractivity contribution < 1.29 is 9.59 Å². The third-order valence-electron chi connectivity index (χ3n) is 4.10. The van der Waals surface area contributed by atoms with Crippen molar-refractivity contribution in [2.24, 2.45) is 5.92 Å². The van der Waals surface area contributed by atoms with Crippen molar-refractivity contribution in [1.29, 1.82) is 0 Å². The van der Waals surface area contributed by atoms with Gasteiger partial charge in [-0.3, -0.25) is 9.69 Å². The molecule has 0 saturated carbocycles. The Labute approximate surface area is 144 Å². The Kier molecular flexibility index (Phi) is 6.75. The van der Waals surface area contributed by atoms with Crippen LogP contribution in [-0.4, -0.2) is 67.9 Å². The van der Waals surface area contributed by atoms with Crippen molar-refractivity contribution in [3.63, 3.8) is 0 Å². The van der Waals surface area contributed by atoms with Crippen LogP contribution < -0.4 is 10.6 Å². The molecule has 0 unspecified atom stereocenters. The Morgan fingerprint density at radius 1 is 1.08 bits per heavy atom. The van der Waals surface area contributed by atoms with Crippen molar-refractivity contribution in [2.45, 2.75) is 13.8 Å². The standard InChI is InChI=1S/C18H28N4O2/c1-14(2)12-19-18(24)20-16-6-4-15(5-7-16)17(23)13-22-10-8-21(3)9-11-22/h4-7,14H,8-13H2,1-3H3,(H2,19,20,24). The van der Waals surface area contributed by atoms with Crippen molar-refractivity contribution in [2.75, 3.05) is 51.6 Å². The Morgan fingerprint density at radius 2 is 1.71 bits per heavy atom. The number of likely N-dealkylation sites (N-methyl/N-ethyl adjacent to an activating group) is 1. The summed E-state index contributed by atoms with van der Waals surface area (Å²) < 4.78 is 0. The lowest BCUT2D eigenvalue weighted by atomic mass is 10.1. The van der Waals surface area contributed by atoms with Gasteiger partial charge in [0, 0.05) is 44.0 Å². The van der Waals surface area contributed by atoms with Gasteiger partial charge in [0.05, 0.1) is 6.54 Å². The Bertz CT molecular complexity index is 549. The van der Waals surface area contributed by atoms with E-state index in [1.807, 2.05) is 13.8 Å². The lowest BCUT2D eigenvalue weighted by molar-refractivity contribution is 0.0876. The molecule has 2 N–H and O–H groups in total. The number of ketones is 1. The average Bonchev–Trinajstić information content (AvgIpc) is 2.55. The van der Waals surface area contributed by atoms with Gasteiger partial charge in [-0.1, -0.05) is 13.8 Å². The molecule has 0 aromatic heterocycles. The third kappa shape index (κ3) is 5.94. The van der Waals surface area contributed by atoms with Crippen molar-refractivity contribution >= 4 is 17.5 Å². The van der Waals surface area contributed by atoms with E-state index in [0.29, 0.717) is 30.3 Å². The number of urea groups is 1. The number of benzene rings is 1. The van der Waals surface area contributed by atoms with E-state index in [-0.39, 0.29) is 11.8 Å². The number of rotatable bonds is 6. The maximum absolute atomic E-state index is 12.4. The summed E-state index contributed by atoms with van der Waals surface area (Å²) in [6, 6.07) is 6.87. The summed E-state index contributed by atoms with van der Waals surface area (Å²) in [7, 11) is 2.10. The normalized spacial score (nSPS) is 16.2. The highest BCUT2D eigenvalue weighted by Gasteiger charge is 2.17. The van der Waals surface area contributed by atoms with E-state index in [9.17, 15) is 9.59 Å². The molecular formula is C18H28N4O2. The largest absolute Gasteiger partial charge is 0.338 e. The SMILES string of the molecule is CC(C)CNC(=O)Nc1ccc(C(=O)CN2CCN(C)CC2)cc1. The first-order valence-corrected chi connectivity index (χ1v) is 8.53. The van der Waals surface area contributed by atoms with E-state index in [4.69, 9.17) is 0 Å². The molecular weight excluding hydrogens is 304 g/mol. The number of carbonyl (C=O) groups excluding carboxylic acids is 2. The zero-order valence-electron chi connectivity index (χ0n) is 14.8. The van der Waals surface area contributed by atoms with E-state index in [2.05, 4.69) is 27.5 Å². The molecule has 1 aliphatic rings. The molecule has 1 aromatic rings. The summed E-state index contributed by atoms with van der Waals surface area (Å²) >= 11 is 0. The second-order valence-corrected chi connectivity index (χ2v) is 6.81. The summed E-state index contributed by atoms with van der Waals surface area (Å²) in [4.78, 5) is 28.5. The van der Waals surface area contributed by atoms with Gasteiger partial charge in [-0.15, -0.1) is 0 Å². The first-order valence-electron chi connectivity index (χ1n) is 8.53. The van der Waals surface area contributed by atoms with Crippen LogP contribution in [0.4, 0.5) is 10.5 Å². The van der Waals surface area contributed by atoms with Gasteiger partial charge >= 0.3 is 6.03 Å². The van der Waals surface area contributed by atoms with E-state index in [1.165, 1.54) is 0 Å². The number of amides is 2. The van der Waals surface area contributed by atoms with Crippen LogP contribution in [0.1, 0.15) is 24.2 Å². The van der Waals surface area contributed by atoms with E-state index < -0.39 is 0 Å². The smallest absolute Gasteiger partial charge is 0.319 e. The summed E-state index contributed by atoms with van der Waals surface area (Å²) in [5, 5.41) is 5.57. The Balaban J connectivity index is 1.82. The average molecular weight is 332 g/mol. The van der Waals surface area contributed by atoms with Gasteiger partial charge in [-0.05, 0) is 37.2 Å². The summed E-state index contributed by atoms with van der Waals surface area (Å²) in [5.41, 5.74) is 1.37. The molecule has 0 atom stereocenters. The molecule has 2 amide bonds. The fraction of sp³-hybridized carbons (Fsp3) is 0.556. The van der Waals surface area contributed by atoms with Gasteiger partial charge in [0.1, 0.15) is 0 Å². The number of nitrogens with one attached hydrogen (secondary N) is 2. The van der Waals surface area contributed by atoms with Gasteiger partial charge in [0.15, 0.2) is 5.78 Å². The van der Waals surface area contributed by atoms with E-state index >= 15 is 0 Å².